The van der Waals surface area contributed by atoms with Gasteiger partial charge in [0.2, 0.25) is 0 Å². The molecule has 0 heterocycles. The number of nitrogens with one attached hydrogen (secondary N) is 1. The van der Waals surface area contributed by atoms with Crippen molar-refractivity contribution in [1.29, 1.82) is 0 Å². The topological polar surface area (TPSA) is 55.4 Å². The van der Waals surface area contributed by atoms with E-state index < -0.39 is 12.0 Å². The van der Waals surface area contributed by atoms with Gasteiger partial charge in [-0.3, -0.25) is 4.79 Å². The molecule has 0 aliphatic rings. The Morgan fingerprint density at radius 3 is 2.36 bits per heavy atom. The minimum Gasteiger partial charge on any atom is -0.467 e. The molecule has 0 aromatic heterocycles. The van der Waals surface area contributed by atoms with Gasteiger partial charge in [0.1, 0.15) is 6.04 Å². The van der Waals surface area contributed by atoms with Gasteiger partial charge in [-0.15, -0.1) is 12.6 Å². The summed E-state index contributed by atoms with van der Waals surface area (Å²) >= 11 is 4.26. The zero-order valence-electron chi connectivity index (χ0n) is 12.2. The van der Waals surface area contributed by atoms with Crippen LogP contribution < -0.4 is 5.32 Å². The Hall–Kier alpha value is -2.27. The van der Waals surface area contributed by atoms with Crippen molar-refractivity contribution in [1.82, 2.24) is 5.32 Å². The van der Waals surface area contributed by atoms with Crippen LogP contribution in [0.1, 0.15) is 15.9 Å². The smallest absolute Gasteiger partial charge is 0.328 e. The highest BCUT2D eigenvalue weighted by molar-refractivity contribution is 7.80. The highest BCUT2D eigenvalue weighted by Gasteiger charge is 2.23. The molecule has 0 spiro atoms. The van der Waals surface area contributed by atoms with Gasteiger partial charge in [-0.2, -0.15) is 0 Å². The van der Waals surface area contributed by atoms with Crippen molar-refractivity contribution in [2.45, 2.75) is 17.4 Å². The highest BCUT2D eigenvalue weighted by Crippen LogP contribution is 2.13. The van der Waals surface area contributed by atoms with Gasteiger partial charge in [0, 0.05) is 11.3 Å². The van der Waals surface area contributed by atoms with Gasteiger partial charge in [-0.1, -0.05) is 42.5 Å². The molecule has 2 aromatic rings. The van der Waals surface area contributed by atoms with Crippen molar-refractivity contribution in [2.24, 2.45) is 0 Å². The second-order valence-electron chi connectivity index (χ2n) is 4.76. The molecule has 0 aliphatic heterocycles. The Morgan fingerprint density at radius 1 is 1.09 bits per heavy atom. The zero-order valence-corrected chi connectivity index (χ0v) is 13.0. The molecule has 2 rings (SSSR count). The van der Waals surface area contributed by atoms with Crippen LogP contribution >= 0.6 is 12.6 Å². The Kier molecular flexibility index (Phi) is 5.61. The molecule has 1 unspecified atom stereocenters. The summed E-state index contributed by atoms with van der Waals surface area (Å²) in [4.78, 5) is 24.8. The van der Waals surface area contributed by atoms with Crippen molar-refractivity contribution < 1.29 is 14.3 Å². The molecule has 22 heavy (non-hydrogen) atoms. The average molecular weight is 315 g/mol. The third-order valence-corrected chi connectivity index (χ3v) is 3.61. The molecular formula is C17H17NO3S. The lowest BCUT2D eigenvalue weighted by molar-refractivity contribution is -0.142. The normalized spacial score (nSPS) is 11.5. The van der Waals surface area contributed by atoms with Crippen molar-refractivity contribution in [3.8, 4) is 0 Å². The molecule has 0 bridgehead atoms. The fourth-order valence-electron chi connectivity index (χ4n) is 2.09. The van der Waals surface area contributed by atoms with E-state index in [2.05, 4.69) is 17.9 Å². The van der Waals surface area contributed by atoms with Gasteiger partial charge < -0.3 is 10.1 Å². The van der Waals surface area contributed by atoms with Gasteiger partial charge in [0.25, 0.3) is 5.91 Å². The lowest BCUT2D eigenvalue weighted by Gasteiger charge is -2.17. The van der Waals surface area contributed by atoms with E-state index in [0.29, 0.717) is 16.9 Å². The molecular weight excluding hydrogens is 298 g/mol. The number of hydrogen-bond donors (Lipinski definition) is 2. The number of hydrogen-bond acceptors (Lipinski definition) is 4. The van der Waals surface area contributed by atoms with Gasteiger partial charge in [-0.05, 0) is 17.7 Å². The summed E-state index contributed by atoms with van der Waals surface area (Å²) in [6, 6.07) is 15.6. The molecule has 2 aromatic carbocycles. The first-order valence-electron chi connectivity index (χ1n) is 6.82. The van der Waals surface area contributed by atoms with Crippen molar-refractivity contribution in [2.75, 3.05) is 7.11 Å². The lowest BCUT2D eigenvalue weighted by atomic mass is 10.1. The molecule has 0 radical (unpaired) electrons. The van der Waals surface area contributed by atoms with E-state index in [4.69, 9.17) is 4.74 Å². The predicted molar refractivity (Wildman–Crippen MR) is 87.1 cm³/mol. The molecule has 0 aliphatic carbocycles. The number of benzene rings is 2. The van der Waals surface area contributed by atoms with E-state index in [1.54, 1.807) is 24.3 Å². The molecule has 5 heteroatoms. The summed E-state index contributed by atoms with van der Waals surface area (Å²) in [5.74, 6) is -0.828. The number of carbonyl (C=O) groups excluding carboxylic acids is 2. The Balaban J connectivity index is 2.15. The van der Waals surface area contributed by atoms with E-state index in [1.165, 1.54) is 7.11 Å². The fraction of sp³-hybridized carbons (Fsp3) is 0.176. The number of amides is 1. The minimum atomic E-state index is -0.743. The van der Waals surface area contributed by atoms with E-state index >= 15 is 0 Å². The first kappa shape index (κ1) is 16.1. The average Bonchev–Trinajstić information content (AvgIpc) is 2.54. The largest absolute Gasteiger partial charge is 0.467 e. The molecule has 4 nitrogen and oxygen atoms in total. The van der Waals surface area contributed by atoms with Crippen molar-refractivity contribution >= 4 is 24.5 Å². The number of carbonyl (C=O) groups is 2. The molecule has 1 amide bonds. The molecule has 0 saturated carbocycles. The second-order valence-corrected chi connectivity index (χ2v) is 5.24. The van der Waals surface area contributed by atoms with Crippen LogP contribution in [0.5, 0.6) is 0 Å². The van der Waals surface area contributed by atoms with E-state index in [-0.39, 0.29) is 5.91 Å². The van der Waals surface area contributed by atoms with Gasteiger partial charge in [0.15, 0.2) is 0 Å². The minimum absolute atomic E-state index is 0.350. The van der Waals surface area contributed by atoms with Crippen LogP contribution in [0.4, 0.5) is 0 Å². The zero-order chi connectivity index (χ0) is 15.9. The lowest BCUT2D eigenvalue weighted by Crippen LogP contribution is -2.43. The standard InChI is InChI=1S/C17H17NO3S/c1-21-17(20)14(11-12-7-3-2-4-8-12)18-16(19)13-9-5-6-10-15(13)22/h2-10,14,22H,11H2,1H3,(H,18,19). The summed E-state index contributed by atoms with van der Waals surface area (Å²) in [6.45, 7) is 0. The van der Waals surface area contributed by atoms with E-state index in [9.17, 15) is 9.59 Å². The van der Waals surface area contributed by atoms with Crippen LogP contribution in [0.3, 0.4) is 0 Å². The first-order chi connectivity index (χ1) is 10.6. The second kappa shape index (κ2) is 7.66. The SMILES string of the molecule is COC(=O)C(Cc1ccccc1)NC(=O)c1ccccc1S. The molecule has 1 N–H and O–H groups in total. The van der Waals surface area contributed by atoms with Crippen molar-refractivity contribution in [3.63, 3.8) is 0 Å². The van der Waals surface area contributed by atoms with E-state index in [0.717, 1.165) is 5.56 Å². The maximum atomic E-state index is 12.3. The van der Waals surface area contributed by atoms with Crippen LogP contribution in [-0.2, 0) is 16.0 Å². The quantitative estimate of drug-likeness (QED) is 0.658. The van der Waals surface area contributed by atoms with Crippen LogP contribution in [-0.4, -0.2) is 25.0 Å². The number of thiol groups is 1. The summed E-state index contributed by atoms with van der Waals surface area (Å²) in [5.41, 5.74) is 1.37. The molecule has 1 atom stereocenters. The summed E-state index contributed by atoms with van der Waals surface area (Å²) < 4.78 is 4.78. The Bertz CT molecular complexity index is 658. The van der Waals surface area contributed by atoms with Crippen molar-refractivity contribution in [3.05, 3.63) is 65.7 Å². The number of esters is 1. The number of ether oxygens (including phenoxy) is 1. The monoisotopic (exact) mass is 315 g/mol. The molecule has 114 valence electrons. The van der Waals surface area contributed by atoms with Crippen LogP contribution in [0.25, 0.3) is 0 Å². The summed E-state index contributed by atoms with van der Waals surface area (Å²) in [7, 11) is 1.30. The summed E-state index contributed by atoms with van der Waals surface area (Å²) in [5, 5.41) is 2.71. The highest BCUT2D eigenvalue weighted by atomic mass is 32.1. The van der Waals surface area contributed by atoms with Crippen LogP contribution in [0.15, 0.2) is 59.5 Å². The number of methoxy groups -OCH3 is 1. The number of rotatable bonds is 5. The maximum Gasteiger partial charge on any atom is 0.328 e. The fourth-order valence-corrected chi connectivity index (χ4v) is 2.35. The van der Waals surface area contributed by atoms with Gasteiger partial charge in [0.05, 0.1) is 12.7 Å². The van der Waals surface area contributed by atoms with Crippen LogP contribution in [0.2, 0.25) is 0 Å². The Labute approximate surface area is 134 Å². The first-order valence-corrected chi connectivity index (χ1v) is 7.27. The summed E-state index contributed by atoms with van der Waals surface area (Å²) in [6.07, 6.45) is 0.369. The molecule has 0 saturated heterocycles. The molecule has 0 fully saturated rings. The van der Waals surface area contributed by atoms with Gasteiger partial charge in [-0.25, -0.2) is 4.79 Å². The third-order valence-electron chi connectivity index (χ3n) is 3.22. The third kappa shape index (κ3) is 4.11. The predicted octanol–water partition coefficient (Wildman–Crippen LogP) is 2.49. The Morgan fingerprint density at radius 2 is 1.73 bits per heavy atom. The van der Waals surface area contributed by atoms with E-state index in [1.807, 2.05) is 30.3 Å². The van der Waals surface area contributed by atoms with Gasteiger partial charge >= 0.3 is 5.97 Å². The van der Waals surface area contributed by atoms with Crippen LogP contribution in [0, 0.1) is 0 Å². The maximum absolute atomic E-state index is 12.3.